The highest BCUT2D eigenvalue weighted by Crippen LogP contribution is 2.39. The molecule has 134 valence electrons. The van der Waals surface area contributed by atoms with Crippen LogP contribution in [0, 0.1) is 0 Å². The summed E-state index contributed by atoms with van der Waals surface area (Å²) in [5.74, 6) is 2.02. The number of nitrogens with zero attached hydrogens (tertiary/aromatic N) is 2. The van der Waals surface area contributed by atoms with Crippen LogP contribution in [0.3, 0.4) is 0 Å². The summed E-state index contributed by atoms with van der Waals surface area (Å²) in [4.78, 5) is 8.22. The van der Waals surface area contributed by atoms with Gasteiger partial charge in [-0.3, -0.25) is 0 Å². The molecule has 0 saturated carbocycles. The van der Waals surface area contributed by atoms with Gasteiger partial charge in [-0.25, -0.2) is 9.97 Å². The van der Waals surface area contributed by atoms with E-state index >= 15 is 0 Å². The Labute approximate surface area is 151 Å². The van der Waals surface area contributed by atoms with Crippen molar-refractivity contribution >= 4 is 5.95 Å². The Hall–Kier alpha value is -3.48. The molecule has 0 aliphatic heterocycles. The second kappa shape index (κ2) is 7.60. The van der Waals surface area contributed by atoms with E-state index in [0.29, 0.717) is 40.9 Å². The summed E-state index contributed by atoms with van der Waals surface area (Å²) >= 11 is 0. The Morgan fingerprint density at radius 2 is 1.85 bits per heavy atom. The van der Waals surface area contributed by atoms with Crippen LogP contribution in [0.2, 0.25) is 0 Å². The highest BCUT2D eigenvalue weighted by molar-refractivity contribution is 5.73. The number of rotatable bonds is 6. The zero-order valence-corrected chi connectivity index (χ0v) is 14.5. The molecule has 0 aliphatic rings. The van der Waals surface area contributed by atoms with Crippen molar-refractivity contribution in [2.24, 2.45) is 0 Å². The molecule has 0 radical (unpaired) electrons. The number of ether oxygens (including phenoxy) is 3. The molecule has 1 heterocycles. The number of aromatic nitrogens is 2. The molecular weight excluding hydrogens is 334 g/mol. The topological polar surface area (TPSA) is 99.7 Å². The summed E-state index contributed by atoms with van der Waals surface area (Å²) in [5, 5.41) is 10.4. The molecule has 0 unspecified atom stereocenters. The normalized spacial score (nSPS) is 10.4. The minimum Gasteiger partial charge on any atom is -0.507 e. The van der Waals surface area contributed by atoms with Crippen molar-refractivity contribution < 1.29 is 19.3 Å². The van der Waals surface area contributed by atoms with Crippen molar-refractivity contribution in [3.63, 3.8) is 0 Å². The number of aromatic hydroxyl groups is 1. The summed E-state index contributed by atoms with van der Waals surface area (Å²) in [7, 11) is 1.56. The number of nitrogens with two attached hydrogens (primary N) is 1. The van der Waals surface area contributed by atoms with Gasteiger partial charge in [-0.05, 0) is 31.2 Å². The van der Waals surface area contributed by atoms with Crippen LogP contribution in [0.4, 0.5) is 5.95 Å². The summed E-state index contributed by atoms with van der Waals surface area (Å²) in [5.41, 5.74) is 6.55. The summed E-state index contributed by atoms with van der Waals surface area (Å²) in [6.07, 6.45) is 1.46. The number of benzene rings is 2. The van der Waals surface area contributed by atoms with Gasteiger partial charge < -0.3 is 25.1 Å². The van der Waals surface area contributed by atoms with E-state index in [4.69, 9.17) is 19.9 Å². The summed E-state index contributed by atoms with van der Waals surface area (Å²) in [6.45, 7) is 2.37. The number of para-hydroxylation sites is 2. The molecule has 26 heavy (non-hydrogen) atoms. The molecular formula is C19H19N3O4. The predicted octanol–water partition coefficient (Wildman–Crippen LogP) is 3.63. The molecule has 3 rings (SSSR count). The Morgan fingerprint density at radius 3 is 2.54 bits per heavy atom. The maximum atomic E-state index is 10.4. The average Bonchev–Trinajstić information content (AvgIpc) is 2.64. The molecule has 0 fully saturated rings. The fraction of sp³-hybridized carbons (Fsp3) is 0.158. The van der Waals surface area contributed by atoms with Gasteiger partial charge in [-0.1, -0.05) is 12.1 Å². The zero-order chi connectivity index (χ0) is 18.5. The minimum absolute atomic E-state index is 0.000994. The van der Waals surface area contributed by atoms with Crippen molar-refractivity contribution in [3.8, 4) is 40.0 Å². The van der Waals surface area contributed by atoms with E-state index in [0.717, 1.165) is 0 Å². The number of hydrogen-bond donors (Lipinski definition) is 2. The van der Waals surface area contributed by atoms with Crippen LogP contribution >= 0.6 is 0 Å². The number of methoxy groups -OCH3 is 1. The van der Waals surface area contributed by atoms with Crippen LogP contribution in [0.15, 0.2) is 48.7 Å². The Kier molecular flexibility index (Phi) is 5.07. The fourth-order valence-electron chi connectivity index (χ4n) is 2.44. The van der Waals surface area contributed by atoms with E-state index in [1.165, 1.54) is 12.3 Å². The van der Waals surface area contributed by atoms with Crippen LogP contribution in [-0.4, -0.2) is 28.8 Å². The van der Waals surface area contributed by atoms with E-state index in [1.54, 1.807) is 31.4 Å². The molecule has 2 aromatic carbocycles. The first kappa shape index (κ1) is 17.3. The van der Waals surface area contributed by atoms with Crippen LogP contribution in [0.1, 0.15) is 6.92 Å². The molecule has 3 N–H and O–H groups in total. The van der Waals surface area contributed by atoms with Gasteiger partial charge in [-0.15, -0.1) is 0 Å². The Bertz CT molecular complexity index is 915. The van der Waals surface area contributed by atoms with Crippen LogP contribution in [0.25, 0.3) is 11.3 Å². The SMILES string of the molecule is CCOc1ccc(-c2nc(N)ncc2Oc2ccccc2OC)c(O)c1. The zero-order valence-electron chi connectivity index (χ0n) is 14.5. The van der Waals surface area contributed by atoms with Gasteiger partial charge >= 0.3 is 0 Å². The molecule has 7 nitrogen and oxygen atoms in total. The number of nitrogen functional groups attached to an aromatic ring is 1. The number of phenolic OH excluding ortho intramolecular Hbond substituents is 1. The van der Waals surface area contributed by atoms with E-state index in [1.807, 2.05) is 19.1 Å². The van der Waals surface area contributed by atoms with Crippen molar-refractivity contribution in [2.45, 2.75) is 6.92 Å². The lowest BCUT2D eigenvalue weighted by molar-refractivity contribution is 0.338. The van der Waals surface area contributed by atoms with Crippen molar-refractivity contribution in [2.75, 3.05) is 19.5 Å². The first-order valence-electron chi connectivity index (χ1n) is 8.02. The maximum Gasteiger partial charge on any atom is 0.220 e. The average molecular weight is 353 g/mol. The van der Waals surface area contributed by atoms with Crippen molar-refractivity contribution in [3.05, 3.63) is 48.7 Å². The Balaban J connectivity index is 2.04. The molecule has 3 aromatic rings. The van der Waals surface area contributed by atoms with Gasteiger partial charge in [-0.2, -0.15) is 0 Å². The largest absolute Gasteiger partial charge is 0.507 e. The first-order chi connectivity index (χ1) is 12.6. The third-order valence-corrected chi connectivity index (χ3v) is 3.60. The lowest BCUT2D eigenvalue weighted by atomic mass is 10.1. The number of hydrogen-bond acceptors (Lipinski definition) is 7. The van der Waals surface area contributed by atoms with Crippen LogP contribution < -0.4 is 19.9 Å². The smallest absolute Gasteiger partial charge is 0.220 e. The molecule has 0 saturated heterocycles. The highest BCUT2D eigenvalue weighted by atomic mass is 16.5. The van der Waals surface area contributed by atoms with E-state index in [9.17, 15) is 5.11 Å². The maximum absolute atomic E-state index is 10.4. The molecule has 7 heteroatoms. The van der Waals surface area contributed by atoms with E-state index in [2.05, 4.69) is 9.97 Å². The quantitative estimate of drug-likeness (QED) is 0.698. The van der Waals surface area contributed by atoms with Crippen molar-refractivity contribution in [1.29, 1.82) is 0 Å². The van der Waals surface area contributed by atoms with Crippen molar-refractivity contribution in [1.82, 2.24) is 9.97 Å². The number of phenols is 1. The second-order valence-corrected chi connectivity index (χ2v) is 5.31. The summed E-state index contributed by atoms with van der Waals surface area (Å²) in [6, 6.07) is 12.2. The molecule has 1 aromatic heterocycles. The minimum atomic E-state index is -0.000994. The molecule has 0 bridgehead atoms. The van der Waals surface area contributed by atoms with Gasteiger partial charge in [0.2, 0.25) is 5.95 Å². The Morgan fingerprint density at radius 1 is 1.08 bits per heavy atom. The standard InChI is InChI=1S/C19H19N3O4/c1-3-25-12-8-9-13(14(23)10-12)18-17(11-21-19(20)22-18)26-16-7-5-4-6-15(16)24-2/h4-11,23H,3H2,1-2H3,(H2,20,21,22). The third-order valence-electron chi connectivity index (χ3n) is 3.60. The van der Waals surface area contributed by atoms with Gasteiger partial charge in [0.15, 0.2) is 17.2 Å². The van der Waals surface area contributed by atoms with Gasteiger partial charge in [0.25, 0.3) is 0 Å². The molecule has 0 atom stereocenters. The second-order valence-electron chi connectivity index (χ2n) is 5.31. The predicted molar refractivity (Wildman–Crippen MR) is 97.8 cm³/mol. The third kappa shape index (κ3) is 3.61. The lowest BCUT2D eigenvalue weighted by Crippen LogP contribution is -2.00. The monoisotopic (exact) mass is 353 g/mol. The number of anilines is 1. The van der Waals surface area contributed by atoms with Gasteiger partial charge in [0, 0.05) is 11.6 Å². The van der Waals surface area contributed by atoms with Gasteiger partial charge in [0.1, 0.15) is 17.2 Å². The first-order valence-corrected chi connectivity index (χ1v) is 8.02. The van der Waals surface area contributed by atoms with Crippen LogP contribution in [-0.2, 0) is 0 Å². The van der Waals surface area contributed by atoms with E-state index in [-0.39, 0.29) is 11.7 Å². The molecule has 0 spiro atoms. The van der Waals surface area contributed by atoms with E-state index < -0.39 is 0 Å². The highest BCUT2D eigenvalue weighted by Gasteiger charge is 2.16. The van der Waals surface area contributed by atoms with Crippen LogP contribution in [0.5, 0.6) is 28.7 Å². The summed E-state index contributed by atoms with van der Waals surface area (Å²) < 4.78 is 16.6. The lowest BCUT2D eigenvalue weighted by Gasteiger charge is -2.14. The molecule has 0 amide bonds. The van der Waals surface area contributed by atoms with Gasteiger partial charge in [0.05, 0.1) is 19.9 Å². The fourth-order valence-corrected chi connectivity index (χ4v) is 2.44. The molecule has 0 aliphatic carbocycles.